The van der Waals surface area contributed by atoms with Crippen molar-refractivity contribution in [1.29, 1.82) is 0 Å². The molecule has 0 spiro atoms. The van der Waals surface area contributed by atoms with E-state index in [4.69, 9.17) is 4.74 Å². The number of carbonyl (C=O) groups is 2. The Labute approximate surface area is 150 Å². The Morgan fingerprint density at radius 3 is 2.40 bits per heavy atom. The Bertz CT molecular complexity index is 551. The number of benzene rings is 1. The van der Waals surface area contributed by atoms with Crippen molar-refractivity contribution in [2.75, 3.05) is 26.8 Å². The molecule has 5 nitrogen and oxygen atoms in total. The van der Waals surface area contributed by atoms with Crippen LogP contribution in [0.2, 0.25) is 0 Å². The van der Waals surface area contributed by atoms with Crippen LogP contribution in [0.5, 0.6) is 5.75 Å². The molecule has 0 unspecified atom stereocenters. The molecule has 0 saturated carbocycles. The van der Waals surface area contributed by atoms with Gasteiger partial charge in [-0.1, -0.05) is 32.4 Å². The van der Waals surface area contributed by atoms with E-state index in [0.29, 0.717) is 19.7 Å². The van der Waals surface area contributed by atoms with Crippen LogP contribution in [-0.4, -0.2) is 43.6 Å². The molecule has 0 aliphatic carbocycles. The summed E-state index contributed by atoms with van der Waals surface area (Å²) in [5.74, 6) is 0.428. The molecule has 0 saturated heterocycles. The Kier molecular flexibility index (Phi) is 10.1. The van der Waals surface area contributed by atoms with Gasteiger partial charge in [-0.2, -0.15) is 0 Å². The molecule has 5 heteroatoms. The molecular formula is C20H29NO4. The molecule has 1 rings (SSSR count). The second-order valence-electron chi connectivity index (χ2n) is 5.76. The predicted octanol–water partition coefficient (Wildman–Crippen LogP) is 3.68. The number of carbonyl (C=O) groups excluding carboxylic acids is 2. The molecule has 0 atom stereocenters. The van der Waals surface area contributed by atoms with Gasteiger partial charge in [-0.15, -0.1) is 0 Å². The third-order valence-electron chi connectivity index (χ3n) is 3.68. The van der Waals surface area contributed by atoms with Crippen LogP contribution in [0, 0.1) is 0 Å². The van der Waals surface area contributed by atoms with Crippen LogP contribution < -0.4 is 4.74 Å². The first kappa shape index (κ1) is 20.7. The topological polar surface area (TPSA) is 55.8 Å². The Morgan fingerprint density at radius 1 is 1.08 bits per heavy atom. The SMILES string of the molecule is CCCCN(CCC(=O)OC)C(=O)/C=C/c1ccc(OCCC)cc1. The van der Waals surface area contributed by atoms with Crippen molar-refractivity contribution >= 4 is 18.0 Å². The zero-order chi connectivity index (χ0) is 18.5. The van der Waals surface area contributed by atoms with E-state index in [1.165, 1.54) is 7.11 Å². The zero-order valence-electron chi connectivity index (χ0n) is 15.5. The second-order valence-corrected chi connectivity index (χ2v) is 5.76. The van der Waals surface area contributed by atoms with Crippen molar-refractivity contribution in [3.8, 4) is 5.75 Å². The fourth-order valence-corrected chi connectivity index (χ4v) is 2.18. The maximum Gasteiger partial charge on any atom is 0.307 e. The summed E-state index contributed by atoms with van der Waals surface area (Å²) in [4.78, 5) is 25.4. The van der Waals surface area contributed by atoms with Gasteiger partial charge in [0.05, 0.1) is 20.1 Å². The lowest BCUT2D eigenvalue weighted by Crippen LogP contribution is -2.32. The van der Waals surface area contributed by atoms with Crippen molar-refractivity contribution in [2.24, 2.45) is 0 Å². The molecule has 0 aliphatic rings. The van der Waals surface area contributed by atoms with Gasteiger partial charge in [-0.3, -0.25) is 9.59 Å². The minimum absolute atomic E-state index is 0.0938. The highest BCUT2D eigenvalue weighted by Crippen LogP contribution is 2.13. The number of hydrogen-bond donors (Lipinski definition) is 0. The van der Waals surface area contributed by atoms with Crippen molar-refractivity contribution in [3.63, 3.8) is 0 Å². The van der Waals surface area contributed by atoms with Crippen molar-refractivity contribution in [2.45, 2.75) is 39.5 Å². The van der Waals surface area contributed by atoms with Crippen molar-refractivity contribution in [1.82, 2.24) is 4.90 Å². The summed E-state index contributed by atoms with van der Waals surface area (Å²) in [5, 5.41) is 0. The first-order valence-electron chi connectivity index (χ1n) is 8.87. The van der Waals surface area contributed by atoms with Gasteiger partial charge >= 0.3 is 5.97 Å². The number of nitrogens with zero attached hydrogens (tertiary/aromatic N) is 1. The number of rotatable bonds is 11. The lowest BCUT2D eigenvalue weighted by atomic mass is 10.2. The van der Waals surface area contributed by atoms with Gasteiger partial charge in [0.25, 0.3) is 0 Å². The van der Waals surface area contributed by atoms with E-state index in [9.17, 15) is 9.59 Å². The quantitative estimate of drug-likeness (QED) is 0.453. The molecule has 1 amide bonds. The molecule has 25 heavy (non-hydrogen) atoms. The fraction of sp³-hybridized carbons (Fsp3) is 0.500. The van der Waals surface area contributed by atoms with Gasteiger partial charge in [0.1, 0.15) is 5.75 Å². The number of ether oxygens (including phenoxy) is 2. The van der Waals surface area contributed by atoms with E-state index >= 15 is 0 Å². The van der Waals surface area contributed by atoms with Crippen molar-refractivity contribution in [3.05, 3.63) is 35.9 Å². The third-order valence-corrected chi connectivity index (χ3v) is 3.68. The largest absolute Gasteiger partial charge is 0.494 e. The van der Waals surface area contributed by atoms with E-state index in [1.54, 1.807) is 17.1 Å². The summed E-state index contributed by atoms with van der Waals surface area (Å²) in [7, 11) is 1.36. The highest BCUT2D eigenvalue weighted by atomic mass is 16.5. The van der Waals surface area contributed by atoms with Crippen LogP contribution in [0.4, 0.5) is 0 Å². The monoisotopic (exact) mass is 347 g/mol. The minimum atomic E-state index is -0.305. The van der Waals surface area contributed by atoms with E-state index in [1.807, 2.05) is 24.3 Å². The molecule has 0 bridgehead atoms. The van der Waals surface area contributed by atoms with Crippen molar-refractivity contribution < 1.29 is 19.1 Å². The fourth-order valence-electron chi connectivity index (χ4n) is 2.18. The average Bonchev–Trinajstić information content (AvgIpc) is 2.65. The minimum Gasteiger partial charge on any atom is -0.494 e. The van der Waals surface area contributed by atoms with E-state index in [0.717, 1.165) is 30.6 Å². The van der Waals surface area contributed by atoms with Gasteiger partial charge in [0.15, 0.2) is 0 Å². The lowest BCUT2D eigenvalue weighted by molar-refractivity contribution is -0.141. The normalized spacial score (nSPS) is 10.7. The molecule has 1 aromatic carbocycles. The van der Waals surface area contributed by atoms with Gasteiger partial charge < -0.3 is 14.4 Å². The predicted molar refractivity (Wildman–Crippen MR) is 99.4 cm³/mol. The molecule has 0 aliphatic heterocycles. The summed E-state index contributed by atoms with van der Waals surface area (Å²) in [6.07, 6.45) is 6.41. The highest BCUT2D eigenvalue weighted by molar-refractivity contribution is 5.92. The molecule has 0 fully saturated rings. The standard InChI is InChI=1S/C20H29NO4/c1-4-6-14-21(15-13-20(23)24-3)19(22)12-9-17-7-10-18(11-8-17)25-16-5-2/h7-12H,4-6,13-16H2,1-3H3/b12-9+. The summed E-state index contributed by atoms with van der Waals surface area (Å²) < 4.78 is 10.2. The van der Waals surface area contributed by atoms with Gasteiger partial charge in [0, 0.05) is 19.2 Å². The highest BCUT2D eigenvalue weighted by Gasteiger charge is 2.12. The van der Waals surface area contributed by atoms with Crippen LogP contribution >= 0.6 is 0 Å². The number of unbranched alkanes of at least 4 members (excludes halogenated alkanes) is 1. The van der Waals surface area contributed by atoms with Crippen LogP contribution in [0.1, 0.15) is 45.1 Å². The average molecular weight is 347 g/mol. The maximum atomic E-state index is 12.4. The van der Waals surface area contributed by atoms with Gasteiger partial charge in [-0.05, 0) is 36.6 Å². The second kappa shape index (κ2) is 12.1. The molecule has 0 aromatic heterocycles. The van der Waals surface area contributed by atoms with E-state index < -0.39 is 0 Å². The van der Waals surface area contributed by atoms with E-state index in [2.05, 4.69) is 18.6 Å². The Hall–Kier alpha value is -2.30. The summed E-state index contributed by atoms with van der Waals surface area (Å²) >= 11 is 0. The Balaban J connectivity index is 2.63. The summed E-state index contributed by atoms with van der Waals surface area (Å²) in [5.41, 5.74) is 0.931. The zero-order valence-corrected chi connectivity index (χ0v) is 15.5. The smallest absolute Gasteiger partial charge is 0.307 e. The molecule has 138 valence electrons. The summed E-state index contributed by atoms with van der Waals surface area (Å²) in [6, 6.07) is 7.62. The number of methoxy groups -OCH3 is 1. The molecule has 1 aromatic rings. The maximum absolute atomic E-state index is 12.4. The van der Waals surface area contributed by atoms with Crippen LogP contribution in [0.25, 0.3) is 6.08 Å². The Morgan fingerprint density at radius 2 is 1.80 bits per heavy atom. The van der Waals surface area contributed by atoms with Crippen LogP contribution in [0.3, 0.4) is 0 Å². The first-order valence-corrected chi connectivity index (χ1v) is 8.87. The third kappa shape index (κ3) is 8.38. The van der Waals surface area contributed by atoms with Gasteiger partial charge in [0.2, 0.25) is 5.91 Å². The molecule has 0 N–H and O–H groups in total. The summed E-state index contributed by atoms with van der Waals surface area (Å²) in [6.45, 7) is 5.84. The van der Waals surface area contributed by atoms with Crippen LogP contribution in [0.15, 0.2) is 30.3 Å². The molecule has 0 heterocycles. The number of amides is 1. The molecule has 0 radical (unpaired) electrons. The number of hydrogen-bond acceptors (Lipinski definition) is 4. The van der Waals surface area contributed by atoms with E-state index in [-0.39, 0.29) is 18.3 Å². The lowest BCUT2D eigenvalue weighted by Gasteiger charge is -2.20. The first-order chi connectivity index (χ1) is 12.1. The molecular weight excluding hydrogens is 318 g/mol. The number of esters is 1. The van der Waals surface area contributed by atoms with Gasteiger partial charge in [-0.25, -0.2) is 0 Å². The van der Waals surface area contributed by atoms with Crippen LogP contribution in [-0.2, 0) is 14.3 Å².